The van der Waals surface area contributed by atoms with Gasteiger partial charge in [-0.15, -0.1) is 0 Å². The Kier molecular flexibility index (Phi) is 3.37. The lowest BCUT2D eigenvalue weighted by Crippen LogP contribution is -2.18. The van der Waals surface area contributed by atoms with Crippen LogP contribution < -0.4 is 0 Å². The van der Waals surface area contributed by atoms with Gasteiger partial charge in [0.25, 0.3) is 10.1 Å². The van der Waals surface area contributed by atoms with Crippen molar-refractivity contribution in [2.75, 3.05) is 6.26 Å². The van der Waals surface area contributed by atoms with Crippen LogP contribution in [0.15, 0.2) is 12.2 Å². The van der Waals surface area contributed by atoms with E-state index in [1.165, 1.54) is 0 Å². The third-order valence-corrected chi connectivity index (χ3v) is 3.07. The lowest BCUT2D eigenvalue weighted by molar-refractivity contribution is 0.223. The lowest BCUT2D eigenvalue weighted by Gasteiger charge is -2.10. The number of hydrogen-bond acceptors (Lipinski definition) is 3. The zero-order chi connectivity index (χ0) is 10.8. The van der Waals surface area contributed by atoms with Crippen LogP contribution in [0.5, 0.6) is 0 Å². The lowest BCUT2D eigenvalue weighted by atomic mass is 10.2. The van der Waals surface area contributed by atoms with Crippen LogP contribution in [0.4, 0.5) is 0 Å². The fourth-order valence-electron chi connectivity index (χ4n) is 1.53. The Labute approximate surface area is 86.3 Å². The van der Waals surface area contributed by atoms with E-state index in [2.05, 4.69) is 6.92 Å². The Hall–Kier alpha value is -0.350. The maximum Gasteiger partial charge on any atom is 0.265 e. The van der Waals surface area contributed by atoms with Crippen LogP contribution in [0.3, 0.4) is 0 Å². The number of hydrogen-bond donors (Lipinski definition) is 0. The SMILES string of the molecule is CCC/C=C/[C@@]1(OS(C)(=O)=O)C[C@@H]1C. The molecular weight excluding hydrogens is 200 g/mol. The van der Waals surface area contributed by atoms with E-state index in [4.69, 9.17) is 4.18 Å². The summed E-state index contributed by atoms with van der Waals surface area (Å²) in [5, 5.41) is 0. The Morgan fingerprint density at radius 1 is 1.57 bits per heavy atom. The van der Waals surface area contributed by atoms with Crippen LogP contribution in [0.1, 0.15) is 33.1 Å². The van der Waals surface area contributed by atoms with Gasteiger partial charge in [0.1, 0.15) is 5.60 Å². The predicted octanol–water partition coefficient (Wildman–Crippen LogP) is 2.10. The zero-order valence-electron chi connectivity index (χ0n) is 8.99. The van der Waals surface area contributed by atoms with E-state index in [-0.39, 0.29) is 0 Å². The summed E-state index contributed by atoms with van der Waals surface area (Å²) in [7, 11) is -3.34. The zero-order valence-corrected chi connectivity index (χ0v) is 9.80. The van der Waals surface area contributed by atoms with Gasteiger partial charge in [-0.3, -0.25) is 4.18 Å². The fourth-order valence-corrected chi connectivity index (χ4v) is 2.38. The average Bonchev–Trinajstić information content (AvgIpc) is 2.58. The standard InChI is InChI=1S/C10H18O3S/c1-4-5-6-7-10(8-9(10)2)13-14(3,11)12/h6-7,9H,4-5,8H2,1-3H3/b7-6+/t9-,10+/m0/s1. The molecule has 0 saturated heterocycles. The summed E-state index contributed by atoms with van der Waals surface area (Å²) in [6, 6.07) is 0. The van der Waals surface area contributed by atoms with Gasteiger partial charge >= 0.3 is 0 Å². The molecule has 3 nitrogen and oxygen atoms in total. The highest BCUT2D eigenvalue weighted by atomic mass is 32.2. The van der Waals surface area contributed by atoms with Crippen LogP contribution >= 0.6 is 0 Å². The number of unbranched alkanes of at least 4 members (excludes halogenated alkanes) is 1. The molecule has 4 heteroatoms. The quantitative estimate of drug-likeness (QED) is 0.524. The summed E-state index contributed by atoms with van der Waals surface area (Å²) in [6.45, 7) is 4.09. The molecule has 0 bridgehead atoms. The van der Waals surface area contributed by atoms with Gasteiger partial charge in [-0.05, 0) is 18.8 Å². The molecule has 0 aromatic carbocycles. The molecule has 82 valence electrons. The van der Waals surface area contributed by atoms with Crippen molar-refractivity contribution in [3.8, 4) is 0 Å². The summed E-state index contributed by atoms with van der Waals surface area (Å²) in [5.74, 6) is 0.310. The highest BCUT2D eigenvalue weighted by Gasteiger charge is 2.52. The second-order valence-electron chi connectivity index (χ2n) is 4.04. The molecule has 0 N–H and O–H groups in total. The second-order valence-corrected chi connectivity index (χ2v) is 5.61. The second kappa shape index (κ2) is 4.03. The van der Waals surface area contributed by atoms with Crippen molar-refractivity contribution in [1.29, 1.82) is 0 Å². The Morgan fingerprint density at radius 2 is 2.14 bits per heavy atom. The molecule has 0 aromatic rings. The van der Waals surface area contributed by atoms with E-state index in [9.17, 15) is 8.42 Å². The van der Waals surface area contributed by atoms with E-state index < -0.39 is 15.7 Å². The highest BCUT2D eigenvalue weighted by molar-refractivity contribution is 7.86. The van der Waals surface area contributed by atoms with Gasteiger partial charge in [0, 0.05) is 0 Å². The minimum atomic E-state index is -3.34. The minimum absolute atomic E-state index is 0.310. The molecule has 0 spiro atoms. The Bertz CT molecular complexity index is 318. The first-order chi connectivity index (χ1) is 6.40. The maximum atomic E-state index is 11.0. The van der Waals surface area contributed by atoms with E-state index in [1.54, 1.807) is 0 Å². The monoisotopic (exact) mass is 218 g/mol. The normalized spacial score (nSPS) is 32.4. The van der Waals surface area contributed by atoms with Crippen molar-refractivity contribution in [2.24, 2.45) is 5.92 Å². The van der Waals surface area contributed by atoms with Gasteiger partial charge in [-0.2, -0.15) is 8.42 Å². The number of rotatable bonds is 5. The van der Waals surface area contributed by atoms with Crippen molar-refractivity contribution in [3.05, 3.63) is 12.2 Å². The first-order valence-corrected chi connectivity index (χ1v) is 6.79. The summed E-state index contributed by atoms with van der Waals surface area (Å²) >= 11 is 0. The molecule has 0 radical (unpaired) electrons. The summed E-state index contributed by atoms with van der Waals surface area (Å²) in [4.78, 5) is 0. The van der Waals surface area contributed by atoms with Gasteiger partial charge in [-0.25, -0.2) is 0 Å². The molecule has 1 rings (SSSR count). The van der Waals surface area contributed by atoms with E-state index >= 15 is 0 Å². The molecule has 14 heavy (non-hydrogen) atoms. The maximum absolute atomic E-state index is 11.0. The first-order valence-electron chi connectivity index (χ1n) is 4.98. The molecular formula is C10H18O3S. The molecule has 0 heterocycles. The van der Waals surface area contributed by atoms with Crippen LogP contribution in [0, 0.1) is 5.92 Å². The van der Waals surface area contributed by atoms with Crippen molar-refractivity contribution >= 4 is 10.1 Å². The van der Waals surface area contributed by atoms with E-state index in [0.29, 0.717) is 5.92 Å². The van der Waals surface area contributed by atoms with Crippen molar-refractivity contribution in [2.45, 2.75) is 38.7 Å². The van der Waals surface area contributed by atoms with E-state index in [1.807, 2.05) is 19.1 Å². The largest absolute Gasteiger partial charge is 0.265 e. The van der Waals surface area contributed by atoms with Gasteiger partial charge < -0.3 is 0 Å². The van der Waals surface area contributed by atoms with Gasteiger partial charge in [-0.1, -0.05) is 32.4 Å². The molecule has 1 aliphatic carbocycles. The molecule has 2 atom stereocenters. The molecule has 1 fully saturated rings. The van der Waals surface area contributed by atoms with Crippen molar-refractivity contribution in [3.63, 3.8) is 0 Å². The fraction of sp³-hybridized carbons (Fsp3) is 0.800. The van der Waals surface area contributed by atoms with Gasteiger partial charge in [0.15, 0.2) is 0 Å². The Morgan fingerprint density at radius 3 is 2.50 bits per heavy atom. The predicted molar refractivity (Wildman–Crippen MR) is 56.5 cm³/mol. The van der Waals surface area contributed by atoms with Crippen LogP contribution in [0.25, 0.3) is 0 Å². The first kappa shape index (κ1) is 11.7. The Balaban J connectivity index is 2.61. The third kappa shape index (κ3) is 3.10. The molecule has 1 saturated carbocycles. The molecule has 0 aromatic heterocycles. The molecule has 0 amide bonds. The minimum Gasteiger partial charge on any atom is -0.259 e. The van der Waals surface area contributed by atoms with Gasteiger partial charge in [0.05, 0.1) is 6.26 Å². The molecule has 0 aliphatic heterocycles. The molecule has 1 aliphatic rings. The van der Waals surface area contributed by atoms with Crippen LogP contribution in [0.2, 0.25) is 0 Å². The topological polar surface area (TPSA) is 43.4 Å². The summed E-state index contributed by atoms with van der Waals surface area (Å²) in [6.07, 6.45) is 7.87. The highest BCUT2D eigenvalue weighted by Crippen LogP contribution is 2.48. The van der Waals surface area contributed by atoms with Crippen LogP contribution in [-0.4, -0.2) is 20.3 Å². The summed E-state index contributed by atoms with van der Waals surface area (Å²) < 4.78 is 27.1. The van der Waals surface area contributed by atoms with E-state index in [0.717, 1.165) is 25.5 Å². The van der Waals surface area contributed by atoms with Crippen LogP contribution in [-0.2, 0) is 14.3 Å². The molecule has 0 unspecified atom stereocenters. The smallest absolute Gasteiger partial charge is 0.259 e. The number of allylic oxidation sites excluding steroid dienone is 1. The average molecular weight is 218 g/mol. The summed E-state index contributed by atoms with van der Waals surface area (Å²) in [5.41, 5.74) is -0.525. The van der Waals surface area contributed by atoms with Gasteiger partial charge in [0.2, 0.25) is 0 Å². The van der Waals surface area contributed by atoms with Crippen molar-refractivity contribution in [1.82, 2.24) is 0 Å². The van der Waals surface area contributed by atoms with Crippen molar-refractivity contribution < 1.29 is 12.6 Å². The third-order valence-electron chi connectivity index (χ3n) is 2.46.